The summed E-state index contributed by atoms with van der Waals surface area (Å²) in [5.41, 5.74) is 1.19. The van der Waals surface area contributed by atoms with Crippen LogP contribution in [0.4, 0.5) is 0 Å². The Balaban J connectivity index is 0.00000196. The molecule has 1 aromatic rings. The largest absolute Gasteiger partial charge is 0.494 e. The van der Waals surface area contributed by atoms with Gasteiger partial charge in [0.15, 0.2) is 0 Å². The second-order valence-corrected chi connectivity index (χ2v) is 2.89. The van der Waals surface area contributed by atoms with Gasteiger partial charge in [-0.05, 0) is 24.6 Å². The average Bonchev–Trinajstić information content (AvgIpc) is 2.19. The number of hydrogen-bond donors (Lipinski definition) is 1. The van der Waals surface area contributed by atoms with Gasteiger partial charge in [0.1, 0.15) is 5.75 Å². The molecular formula is C12H16ClNO. The molecule has 0 aliphatic carbocycles. The molecule has 3 heteroatoms. The molecule has 0 saturated carbocycles. The van der Waals surface area contributed by atoms with Crippen LogP contribution < -0.4 is 10.1 Å². The van der Waals surface area contributed by atoms with Gasteiger partial charge < -0.3 is 10.1 Å². The Hall–Kier alpha value is -1.17. The first kappa shape index (κ1) is 13.8. The number of ether oxygens (including phenoxy) is 1. The zero-order valence-electron chi connectivity index (χ0n) is 8.82. The van der Waals surface area contributed by atoms with Crippen molar-refractivity contribution in [3.05, 3.63) is 29.8 Å². The van der Waals surface area contributed by atoms with Crippen LogP contribution in [0.5, 0.6) is 5.75 Å². The molecule has 0 heterocycles. The predicted molar refractivity (Wildman–Crippen MR) is 65.4 cm³/mol. The van der Waals surface area contributed by atoms with Gasteiger partial charge in [-0.1, -0.05) is 18.1 Å². The van der Waals surface area contributed by atoms with Gasteiger partial charge in [0, 0.05) is 6.54 Å². The third kappa shape index (κ3) is 5.31. The number of benzene rings is 1. The summed E-state index contributed by atoms with van der Waals surface area (Å²) in [6.07, 6.45) is 5.13. The quantitative estimate of drug-likeness (QED) is 0.613. The van der Waals surface area contributed by atoms with Gasteiger partial charge in [-0.3, -0.25) is 0 Å². The minimum absolute atomic E-state index is 0. The highest BCUT2D eigenvalue weighted by molar-refractivity contribution is 5.85. The van der Waals surface area contributed by atoms with Crippen molar-refractivity contribution in [1.29, 1.82) is 0 Å². The van der Waals surface area contributed by atoms with Gasteiger partial charge in [0.25, 0.3) is 0 Å². The van der Waals surface area contributed by atoms with E-state index in [-0.39, 0.29) is 12.4 Å². The summed E-state index contributed by atoms with van der Waals surface area (Å²) in [7, 11) is 0. The number of terminal acetylenes is 1. The highest BCUT2D eigenvalue weighted by Crippen LogP contribution is 2.12. The van der Waals surface area contributed by atoms with E-state index >= 15 is 0 Å². The van der Waals surface area contributed by atoms with Crippen LogP contribution in [0.15, 0.2) is 24.3 Å². The van der Waals surface area contributed by atoms with Crippen LogP contribution in [-0.4, -0.2) is 13.2 Å². The molecule has 0 fully saturated rings. The zero-order valence-corrected chi connectivity index (χ0v) is 9.64. The summed E-state index contributed by atoms with van der Waals surface area (Å²) in [6.45, 7) is 4.05. The Labute approximate surface area is 97.4 Å². The predicted octanol–water partition coefficient (Wildman–Crippen LogP) is 2.23. The lowest BCUT2D eigenvalue weighted by molar-refractivity contribution is 0.340. The molecule has 1 N–H and O–H groups in total. The van der Waals surface area contributed by atoms with Crippen LogP contribution in [0.25, 0.3) is 0 Å². The lowest BCUT2D eigenvalue weighted by Gasteiger charge is -2.05. The third-order valence-electron chi connectivity index (χ3n) is 1.77. The van der Waals surface area contributed by atoms with Gasteiger partial charge in [-0.25, -0.2) is 0 Å². The van der Waals surface area contributed by atoms with Crippen molar-refractivity contribution in [3.8, 4) is 18.1 Å². The molecule has 0 spiro atoms. The summed E-state index contributed by atoms with van der Waals surface area (Å²) >= 11 is 0. The van der Waals surface area contributed by atoms with Crippen LogP contribution in [0.3, 0.4) is 0 Å². The van der Waals surface area contributed by atoms with E-state index in [1.165, 1.54) is 5.56 Å². The molecule has 1 aromatic carbocycles. The van der Waals surface area contributed by atoms with Gasteiger partial charge in [-0.2, -0.15) is 0 Å². The summed E-state index contributed by atoms with van der Waals surface area (Å²) in [4.78, 5) is 0. The second-order valence-electron chi connectivity index (χ2n) is 2.89. The maximum absolute atomic E-state index is 5.38. The third-order valence-corrected chi connectivity index (χ3v) is 1.77. The normalized spacial score (nSPS) is 8.80. The summed E-state index contributed by atoms with van der Waals surface area (Å²) < 4.78 is 5.38. The molecular weight excluding hydrogens is 210 g/mol. The summed E-state index contributed by atoms with van der Waals surface area (Å²) in [5, 5.41) is 3.13. The molecule has 1 rings (SSSR count). The van der Waals surface area contributed by atoms with Crippen molar-refractivity contribution in [2.75, 3.05) is 13.2 Å². The van der Waals surface area contributed by atoms with Crippen LogP contribution in [-0.2, 0) is 6.54 Å². The Morgan fingerprint density at radius 3 is 2.93 bits per heavy atom. The molecule has 0 aliphatic heterocycles. The average molecular weight is 226 g/mol. The Morgan fingerprint density at radius 2 is 2.27 bits per heavy atom. The highest BCUT2D eigenvalue weighted by atomic mass is 35.5. The van der Waals surface area contributed by atoms with Crippen molar-refractivity contribution < 1.29 is 4.74 Å². The molecule has 0 saturated heterocycles. The second kappa shape index (κ2) is 8.16. The maximum atomic E-state index is 5.38. The zero-order chi connectivity index (χ0) is 10.2. The number of halogens is 1. The first-order chi connectivity index (χ1) is 6.86. The SMILES string of the molecule is C#CCNCc1cccc(OCC)c1.Cl. The molecule has 0 aliphatic rings. The van der Waals surface area contributed by atoms with E-state index in [9.17, 15) is 0 Å². The first-order valence-corrected chi connectivity index (χ1v) is 4.72. The van der Waals surface area contributed by atoms with Gasteiger partial charge >= 0.3 is 0 Å². The van der Waals surface area contributed by atoms with Crippen molar-refractivity contribution in [1.82, 2.24) is 5.32 Å². The summed E-state index contributed by atoms with van der Waals surface area (Å²) in [5.74, 6) is 3.45. The van der Waals surface area contributed by atoms with Crippen molar-refractivity contribution >= 4 is 12.4 Å². The van der Waals surface area contributed by atoms with E-state index in [2.05, 4.69) is 11.2 Å². The lowest BCUT2D eigenvalue weighted by atomic mass is 10.2. The maximum Gasteiger partial charge on any atom is 0.119 e. The highest BCUT2D eigenvalue weighted by Gasteiger charge is 1.94. The Bertz CT molecular complexity index is 320. The first-order valence-electron chi connectivity index (χ1n) is 4.72. The molecule has 15 heavy (non-hydrogen) atoms. The van der Waals surface area contributed by atoms with Crippen LogP contribution in [0.2, 0.25) is 0 Å². The monoisotopic (exact) mass is 225 g/mol. The summed E-state index contributed by atoms with van der Waals surface area (Å²) in [6, 6.07) is 8.01. The van der Waals surface area contributed by atoms with E-state index in [0.717, 1.165) is 12.3 Å². The molecule has 0 aromatic heterocycles. The van der Waals surface area contributed by atoms with Gasteiger partial charge in [0.2, 0.25) is 0 Å². The number of nitrogens with one attached hydrogen (secondary N) is 1. The van der Waals surface area contributed by atoms with E-state index in [1.54, 1.807) is 0 Å². The molecule has 0 radical (unpaired) electrons. The fourth-order valence-electron chi connectivity index (χ4n) is 1.19. The molecule has 0 unspecified atom stereocenters. The number of rotatable bonds is 5. The van der Waals surface area contributed by atoms with E-state index < -0.39 is 0 Å². The molecule has 0 atom stereocenters. The van der Waals surface area contributed by atoms with Crippen molar-refractivity contribution in [2.24, 2.45) is 0 Å². The van der Waals surface area contributed by atoms with Crippen LogP contribution in [0, 0.1) is 12.3 Å². The van der Waals surface area contributed by atoms with Crippen molar-refractivity contribution in [3.63, 3.8) is 0 Å². The standard InChI is InChI=1S/C12H15NO.ClH/c1-3-8-13-10-11-6-5-7-12(9-11)14-4-2;/h1,5-7,9,13H,4,8,10H2,2H3;1H. The lowest BCUT2D eigenvalue weighted by Crippen LogP contribution is -2.12. The Kier molecular flexibility index (Phi) is 7.53. The fraction of sp³-hybridized carbons (Fsp3) is 0.333. The van der Waals surface area contributed by atoms with E-state index in [4.69, 9.17) is 11.2 Å². The number of hydrogen-bond acceptors (Lipinski definition) is 2. The van der Waals surface area contributed by atoms with E-state index in [0.29, 0.717) is 13.2 Å². The Morgan fingerprint density at radius 1 is 1.47 bits per heavy atom. The van der Waals surface area contributed by atoms with Gasteiger partial charge in [-0.15, -0.1) is 18.8 Å². The van der Waals surface area contributed by atoms with E-state index in [1.807, 2.05) is 31.2 Å². The smallest absolute Gasteiger partial charge is 0.119 e. The van der Waals surface area contributed by atoms with Crippen LogP contribution in [0.1, 0.15) is 12.5 Å². The van der Waals surface area contributed by atoms with Crippen molar-refractivity contribution in [2.45, 2.75) is 13.5 Å². The molecule has 2 nitrogen and oxygen atoms in total. The molecule has 82 valence electrons. The minimum atomic E-state index is 0. The minimum Gasteiger partial charge on any atom is -0.494 e. The molecule has 0 amide bonds. The van der Waals surface area contributed by atoms with Gasteiger partial charge in [0.05, 0.1) is 13.2 Å². The topological polar surface area (TPSA) is 21.3 Å². The van der Waals surface area contributed by atoms with Crippen LogP contribution >= 0.6 is 12.4 Å². The molecule has 0 bridgehead atoms. The fourth-order valence-corrected chi connectivity index (χ4v) is 1.19.